The molecule has 1 aliphatic rings. The van der Waals surface area contributed by atoms with E-state index >= 15 is 0 Å². The molecule has 0 aromatic carbocycles. The van der Waals surface area contributed by atoms with Gasteiger partial charge in [-0.15, -0.1) is 11.8 Å². The Morgan fingerprint density at radius 2 is 2.22 bits per heavy atom. The largest absolute Gasteiger partial charge is 0.283 e. The van der Waals surface area contributed by atoms with Gasteiger partial charge >= 0.3 is 0 Å². The average Bonchev–Trinajstić information content (AvgIpc) is 1.60. The zero-order chi connectivity index (χ0) is 6.91. The molecule has 0 N–H and O–H groups in total. The number of rotatable bonds is 0. The molecule has 0 aliphatic carbocycles. The van der Waals surface area contributed by atoms with Crippen LogP contribution >= 0.6 is 11.8 Å². The summed E-state index contributed by atoms with van der Waals surface area (Å²) >= 11 is 1.89. The summed E-state index contributed by atoms with van der Waals surface area (Å²) in [5, 5.41) is 1.24. The van der Waals surface area contributed by atoms with Gasteiger partial charge in [-0.05, 0) is 13.3 Å². The van der Waals surface area contributed by atoms with Crippen LogP contribution < -0.4 is 0 Å². The second-order valence-corrected chi connectivity index (χ2v) is 4.91. The average molecular weight is 143 g/mol. The molecule has 0 saturated heterocycles. The van der Waals surface area contributed by atoms with Crippen molar-refractivity contribution in [2.24, 2.45) is 4.99 Å². The number of aliphatic imine (C=N–C) groups is 1. The van der Waals surface area contributed by atoms with Crippen LogP contribution in [0.4, 0.5) is 0 Å². The van der Waals surface area contributed by atoms with Crippen molar-refractivity contribution >= 4 is 16.8 Å². The lowest BCUT2D eigenvalue weighted by Gasteiger charge is -2.26. The molecule has 1 rings (SSSR count). The molecule has 0 atom stereocenters. The maximum atomic E-state index is 4.31. The molecule has 1 heterocycles. The molecule has 1 nitrogen and oxygen atoms in total. The standard InChI is InChI=1S/C7H13NS/c1-6-8-5-4-7(2,3)9-6/h4-5H2,1-3H3. The summed E-state index contributed by atoms with van der Waals surface area (Å²) in [5.41, 5.74) is 0. The normalized spacial score (nSPS) is 25.4. The topological polar surface area (TPSA) is 12.4 Å². The first-order valence-corrected chi connectivity index (χ1v) is 4.12. The van der Waals surface area contributed by atoms with Crippen molar-refractivity contribution in [1.29, 1.82) is 0 Å². The molecule has 1 aliphatic heterocycles. The Labute approximate surface area is 60.9 Å². The molecular weight excluding hydrogens is 130 g/mol. The van der Waals surface area contributed by atoms with Crippen LogP contribution in [0, 0.1) is 0 Å². The molecule has 0 bridgehead atoms. The number of hydrogen-bond acceptors (Lipinski definition) is 2. The lowest BCUT2D eigenvalue weighted by Crippen LogP contribution is -2.21. The van der Waals surface area contributed by atoms with Gasteiger partial charge in [0.1, 0.15) is 0 Å². The maximum Gasteiger partial charge on any atom is 0.0650 e. The molecule has 0 saturated carbocycles. The van der Waals surface area contributed by atoms with Gasteiger partial charge in [-0.3, -0.25) is 4.99 Å². The monoisotopic (exact) mass is 143 g/mol. The third-order valence-corrected chi connectivity index (χ3v) is 2.65. The van der Waals surface area contributed by atoms with Gasteiger partial charge in [0.05, 0.1) is 5.04 Å². The fourth-order valence-corrected chi connectivity index (χ4v) is 2.11. The first-order chi connectivity index (χ1) is 4.10. The summed E-state index contributed by atoms with van der Waals surface area (Å²) in [6.07, 6.45) is 1.22. The minimum absolute atomic E-state index is 0.436. The van der Waals surface area contributed by atoms with Crippen molar-refractivity contribution in [3.8, 4) is 0 Å². The van der Waals surface area contributed by atoms with Crippen LogP contribution in [0.1, 0.15) is 27.2 Å². The fourth-order valence-electron chi connectivity index (χ4n) is 0.966. The van der Waals surface area contributed by atoms with Gasteiger partial charge < -0.3 is 0 Å². The second kappa shape index (κ2) is 2.33. The predicted octanol–water partition coefficient (Wildman–Crippen LogP) is 2.32. The first kappa shape index (κ1) is 7.13. The summed E-state index contributed by atoms with van der Waals surface area (Å²) < 4.78 is 0.436. The molecule has 2 heteroatoms. The highest BCUT2D eigenvalue weighted by Gasteiger charge is 2.22. The van der Waals surface area contributed by atoms with Crippen LogP contribution in [0.15, 0.2) is 4.99 Å². The summed E-state index contributed by atoms with van der Waals surface area (Å²) in [5.74, 6) is 0. The van der Waals surface area contributed by atoms with Gasteiger partial charge in [0.25, 0.3) is 0 Å². The van der Waals surface area contributed by atoms with Crippen LogP contribution in [-0.2, 0) is 0 Å². The Bertz CT molecular complexity index is 138. The molecule has 0 fully saturated rings. The Morgan fingerprint density at radius 1 is 1.56 bits per heavy atom. The summed E-state index contributed by atoms with van der Waals surface area (Å²) in [6, 6.07) is 0. The van der Waals surface area contributed by atoms with E-state index in [0.29, 0.717) is 4.75 Å². The van der Waals surface area contributed by atoms with Crippen molar-refractivity contribution < 1.29 is 0 Å². The maximum absolute atomic E-state index is 4.31. The third-order valence-electron chi connectivity index (χ3n) is 1.47. The van der Waals surface area contributed by atoms with E-state index < -0.39 is 0 Å². The highest BCUT2D eigenvalue weighted by Crippen LogP contribution is 2.32. The second-order valence-electron chi connectivity index (χ2n) is 3.01. The van der Waals surface area contributed by atoms with Crippen LogP contribution in [0.3, 0.4) is 0 Å². The van der Waals surface area contributed by atoms with Gasteiger partial charge in [-0.25, -0.2) is 0 Å². The Balaban J connectivity index is 2.59. The van der Waals surface area contributed by atoms with Gasteiger partial charge in [-0.2, -0.15) is 0 Å². The molecule has 0 spiro atoms. The Hall–Kier alpha value is 0.0200. The summed E-state index contributed by atoms with van der Waals surface area (Å²) in [7, 11) is 0. The molecule has 52 valence electrons. The highest BCUT2D eigenvalue weighted by atomic mass is 32.2. The third kappa shape index (κ3) is 2.01. The van der Waals surface area contributed by atoms with E-state index in [2.05, 4.69) is 25.8 Å². The van der Waals surface area contributed by atoms with E-state index in [1.54, 1.807) is 0 Å². The minimum Gasteiger partial charge on any atom is -0.283 e. The summed E-state index contributed by atoms with van der Waals surface area (Å²) in [6.45, 7) is 7.66. The lowest BCUT2D eigenvalue weighted by molar-refractivity contribution is 0.647. The smallest absolute Gasteiger partial charge is 0.0650 e. The van der Waals surface area contributed by atoms with Crippen LogP contribution in [0.2, 0.25) is 0 Å². The molecule has 0 radical (unpaired) electrons. The van der Waals surface area contributed by atoms with Gasteiger partial charge in [0.2, 0.25) is 0 Å². The highest BCUT2D eigenvalue weighted by molar-refractivity contribution is 8.15. The van der Waals surface area contributed by atoms with Gasteiger partial charge in [-0.1, -0.05) is 13.8 Å². The fraction of sp³-hybridized carbons (Fsp3) is 0.857. The van der Waals surface area contributed by atoms with Crippen molar-refractivity contribution in [2.75, 3.05) is 6.54 Å². The Kier molecular flexibility index (Phi) is 1.85. The van der Waals surface area contributed by atoms with Crippen molar-refractivity contribution in [3.63, 3.8) is 0 Å². The number of thioether (sulfide) groups is 1. The predicted molar refractivity (Wildman–Crippen MR) is 44.3 cm³/mol. The molecule has 0 unspecified atom stereocenters. The van der Waals surface area contributed by atoms with Crippen LogP contribution in [0.5, 0.6) is 0 Å². The van der Waals surface area contributed by atoms with E-state index in [-0.39, 0.29) is 0 Å². The zero-order valence-electron chi connectivity index (χ0n) is 6.27. The van der Waals surface area contributed by atoms with Crippen molar-refractivity contribution in [1.82, 2.24) is 0 Å². The first-order valence-electron chi connectivity index (χ1n) is 3.30. The summed E-state index contributed by atoms with van der Waals surface area (Å²) in [4.78, 5) is 4.31. The molecule has 0 aromatic heterocycles. The van der Waals surface area contributed by atoms with Crippen LogP contribution in [0.25, 0.3) is 0 Å². The zero-order valence-corrected chi connectivity index (χ0v) is 7.09. The quantitative estimate of drug-likeness (QED) is 0.507. The number of hydrogen-bond donors (Lipinski definition) is 0. The van der Waals surface area contributed by atoms with E-state index in [1.807, 2.05) is 11.8 Å². The molecule has 0 amide bonds. The van der Waals surface area contributed by atoms with E-state index in [4.69, 9.17) is 0 Å². The van der Waals surface area contributed by atoms with Gasteiger partial charge in [0, 0.05) is 11.3 Å². The van der Waals surface area contributed by atoms with Crippen LogP contribution in [-0.4, -0.2) is 16.3 Å². The molecular formula is C7H13NS. The van der Waals surface area contributed by atoms with E-state index in [9.17, 15) is 0 Å². The van der Waals surface area contributed by atoms with E-state index in [1.165, 1.54) is 11.5 Å². The molecule has 0 aromatic rings. The number of nitrogens with zero attached hydrogens (tertiary/aromatic N) is 1. The van der Waals surface area contributed by atoms with Gasteiger partial charge in [0.15, 0.2) is 0 Å². The SMILES string of the molecule is CC1=NCCC(C)(C)S1. The minimum atomic E-state index is 0.436. The van der Waals surface area contributed by atoms with Crippen molar-refractivity contribution in [2.45, 2.75) is 31.9 Å². The van der Waals surface area contributed by atoms with E-state index in [0.717, 1.165) is 6.54 Å². The van der Waals surface area contributed by atoms with Crippen molar-refractivity contribution in [3.05, 3.63) is 0 Å². The molecule has 9 heavy (non-hydrogen) atoms. The lowest BCUT2D eigenvalue weighted by atomic mass is 10.1. The Morgan fingerprint density at radius 3 is 2.56 bits per heavy atom.